The molecule has 112 valence electrons. The van der Waals surface area contributed by atoms with E-state index in [-0.39, 0.29) is 35.9 Å². The van der Waals surface area contributed by atoms with Crippen molar-refractivity contribution in [3.63, 3.8) is 0 Å². The Labute approximate surface area is 121 Å². The molecule has 0 aromatic rings. The second kappa shape index (κ2) is 5.05. The van der Waals surface area contributed by atoms with Gasteiger partial charge in [0, 0.05) is 6.04 Å². The molecule has 0 aromatic heterocycles. The normalized spacial score (nSPS) is 32.5. The summed E-state index contributed by atoms with van der Waals surface area (Å²) in [5, 5.41) is 2.98. The monoisotopic (exact) mass is 278 g/mol. The Bertz CT molecular complexity index is 413. The molecule has 1 saturated heterocycles. The fraction of sp³-hybridized carbons (Fsp3) is 0.875. The Morgan fingerprint density at radius 2 is 1.80 bits per heavy atom. The highest BCUT2D eigenvalue weighted by Gasteiger charge is 2.49. The lowest BCUT2D eigenvalue weighted by Gasteiger charge is -2.44. The van der Waals surface area contributed by atoms with Crippen LogP contribution in [0, 0.1) is 17.8 Å². The van der Waals surface area contributed by atoms with Crippen molar-refractivity contribution in [3.05, 3.63) is 0 Å². The number of hydrogen-bond acceptors (Lipinski definition) is 2. The van der Waals surface area contributed by atoms with Crippen molar-refractivity contribution in [3.8, 4) is 0 Å². The lowest BCUT2D eigenvalue weighted by molar-refractivity contribution is -0.154. The van der Waals surface area contributed by atoms with Crippen LogP contribution in [0.1, 0.15) is 52.9 Å². The maximum atomic E-state index is 12.8. The second-order valence-electron chi connectivity index (χ2n) is 7.29. The van der Waals surface area contributed by atoms with E-state index < -0.39 is 0 Å². The van der Waals surface area contributed by atoms with Gasteiger partial charge in [0.1, 0.15) is 12.1 Å². The van der Waals surface area contributed by atoms with Gasteiger partial charge < -0.3 is 10.2 Å². The van der Waals surface area contributed by atoms with Gasteiger partial charge in [0.15, 0.2) is 0 Å². The van der Waals surface area contributed by atoms with Crippen molar-refractivity contribution in [2.24, 2.45) is 17.8 Å². The first-order valence-corrected chi connectivity index (χ1v) is 8.11. The predicted octanol–water partition coefficient (Wildman–Crippen LogP) is 1.94. The quantitative estimate of drug-likeness (QED) is 0.835. The fourth-order valence-corrected chi connectivity index (χ4v) is 3.54. The zero-order valence-corrected chi connectivity index (χ0v) is 12.8. The van der Waals surface area contributed by atoms with Crippen LogP contribution in [0.4, 0.5) is 0 Å². The molecule has 0 spiro atoms. The van der Waals surface area contributed by atoms with Gasteiger partial charge in [-0.05, 0) is 43.9 Å². The van der Waals surface area contributed by atoms with Crippen LogP contribution in [0.2, 0.25) is 0 Å². The number of nitrogens with zero attached hydrogens (tertiary/aromatic N) is 1. The summed E-state index contributed by atoms with van der Waals surface area (Å²) in [7, 11) is 0. The number of carbonyl (C=O) groups excluding carboxylic acids is 2. The molecule has 2 saturated carbocycles. The molecule has 2 amide bonds. The van der Waals surface area contributed by atoms with E-state index in [1.54, 1.807) is 0 Å². The zero-order valence-electron chi connectivity index (χ0n) is 12.8. The van der Waals surface area contributed by atoms with Gasteiger partial charge in [-0.15, -0.1) is 0 Å². The van der Waals surface area contributed by atoms with E-state index in [0.717, 1.165) is 25.2 Å². The molecule has 1 aliphatic heterocycles. The first kappa shape index (κ1) is 13.9. The van der Waals surface area contributed by atoms with E-state index >= 15 is 0 Å². The minimum atomic E-state index is -0.286. The van der Waals surface area contributed by atoms with Crippen molar-refractivity contribution < 1.29 is 9.59 Å². The molecule has 4 nitrogen and oxygen atoms in total. The third-order valence-electron chi connectivity index (χ3n) is 4.96. The van der Waals surface area contributed by atoms with E-state index in [4.69, 9.17) is 0 Å². The molecule has 2 aliphatic carbocycles. The number of amides is 2. The van der Waals surface area contributed by atoms with Crippen LogP contribution in [0.5, 0.6) is 0 Å². The van der Waals surface area contributed by atoms with Crippen molar-refractivity contribution in [2.45, 2.75) is 71.0 Å². The largest absolute Gasteiger partial charge is 0.342 e. The third kappa shape index (κ3) is 2.57. The Morgan fingerprint density at radius 3 is 2.30 bits per heavy atom. The molecule has 3 unspecified atom stereocenters. The van der Waals surface area contributed by atoms with Crippen LogP contribution >= 0.6 is 0 Å². The Hall–Kier alpha value is -1.06. The summed E-state index contributed by atoms with van der Waals surface area (Å²) in [5.74, 6) is 1.55. The van der Waals surface area contributed by atoms with Crippen LogP contribution in [0.25, 0.3) is 0 Å². The highest BCUT2D eigenvalue weighted by atomic mass is 16.2. The molecule has 3 atom stereocenters. The first-order chi connectivity index (χ1) is 9.49. The lowest BCUT2D eigenvalue weighted by atomic mass is 9.92. The molecule has 1 N–H and O–H groups in total. The van der Waals surface area contributed by atoms with Gasteiger partial charge in [0.2, 0.25) is 11.8 Å². The summed E-state index contributed by atoms with van der Waals surface area (Å²) in [5.41, 5.74) is 0. The van der Waals surface area contributed by atoms with Gasteiger partial charge in [-0.3, -0.25) is 9.59 Å². The van der Waals surface area contributed by atoms with Gasteiger partial charge in [0.05, 0.1) is 0 Å². The SMILES string of the molecule is CC(C)C1C(=O)NC(C2CC2)C(=O)N1C(C)CC1CC1. The Morgan fingerprint density at radius 1 is 1.15 bits per heavy atom. The predicted molar refractivity (Wildman–Crippen MR) is 76.9 cm³/mol. The van der Waals surface area contributed by atoms with Crippen LogP contribution in [0.15, 0.2) is 0 Å². The molecule has 0 bridgehead atoms. The van der Waals surface area contributed by atoms with E-state index in [2.05, 4.69) is 12.2 Å². The van der Waals surface area contributed by atoms with E-state index in [9.17, 15) is 9.59 Å². The maximum Gasteiger partial charge on any atom is 0.246 e. The molecule has 4 heteroatoms. The Kier molecular flexibility index (Phi) is 3.51. The average Bonchev–Trinajstić information content (AvgIpc) is 3.23. The topological polar surface area (TPSA) is 49.4 Å². The van der Waals surface area contributed by atoms with Crippen LogP contribution in [-0.4, -0.2) is 34.8 Å². The summed E-state index contributed by atoms with van der Waals surface area (Å²) in [6, 6.07) is -0.347. The highest BCUT2D eigenvalue weighted by Crippen LogP contribution is 2.39. The minimum absolute atomic E-state index is 0.0548. The molecule has 0 radical (unpaired) electrons. The Balaban J connectivity index is 1.81. The fourth-order valence-electron chi connectivity index (χ4n) is 3.54. The molecule has 0 aromatic carbocycles. The third-order valence-corrected chi connectivity index (χ3v) is 4.96. The van der Waals surface area contributed by atoms with Gasteiger partial charge >= 0.3 is 0 Å². The zero-order chi connectivity index (χ0) is 14.4. The lowest BCUT2D eigenvalue weighted by Crippen LogP contribution is -2.67. The van der Waals surface area contributed by atoms with Crippen molar-refractivity contribution in [1.29, 1.82) is 0 Å². The molecule has 3 fully saturated rings. The van der Waals surface area contributed by atoms with E-state index in [1.807, 2.05) is 18.7 Å². The number of hydrogen-bond donors (Lipinski definition) is 1. The summed E-state index contributed by atoms with van der Waals surface area (Å²) >= 11 is 0. The standard InChI is InChI=1S/C16H26N2O2/c1-9(2)14-15(19)17-13(12-6-7-12)16(20)18(14)10(3)8-11-4-5-11/h9-14H,4-8H2,1-3H3,(H,17,19). The van der Waals surface area contributed by atoms with E-state index in [1.165, 1.54) is 12.8 Å². The average molecular weight is 278 g/mol. The van der Waals surface area contributed by atoms with Gasteiger partial charge in [-0.2, -0.15) is 0 Å². The van der Waals surface area contributed by atoms with Gasteiger partial charge in [-0.25, -0.2) is 0 Å². The first-order valence-electron chi connectivity index (χ1n) is 8.11. The van der Waals surface area contributed by atoms with Crippen LogP contribution in [0.3, 0.4) is 0 Å². The molecule has 20 heavy (non-hydrogen) atoms. The van der Waals surface area contributed by atoms with Crippen LogP contribution in [-0.2, 0) is 9.59 Å². The molecule has 3 aliphatic rings. The number of carbonyl (C=O) groups is 2. The van der Waals surface area contributed by atoms with Crippen molar-refractivity contribution in [1.82, 2.24) is 10.2 Å². The van der Waals surface area contributed by atoms with Crippen molar-refractivity contribution in [2.75, 3.05) is 0 Å². The molecule has 3 rings (SSSR count). The van der Waals surface area contributed by atoms with E-state index in [0.29, 0.717) is 5.92 Å². The second-order valence-corrected chi connectivity index (χ2v) is 7.29. The summed E-state index contributed by atoms with van der Waals surface area (Å²) in [6.07, 6.45) is 5.79. The summed E-state index contributed by atoms with van der Waals surface area (Å²) in [6.45, 7) is 6.19. The molecular weight excluding hydrogens is 252 g/mol. The van der Waals surface area contributed by atoms with Crippen LogP contribution < -0.4 is 5.32 Å². The smallest absolute Gasteiger partial charge is 0.246 e. The summed E-state index contributed by atoms with van der Waals surface area (Å²) in [4.78, 5) is 27.2. The van der Waals surface area contributed by atoms with Gasteiger partial charge in [0.25, 0.3) is 0 Å². The number of rotatable bonds is 5. The summed E-state index contributed by atoms with van der Waals surface area (Å²) < 4.78 is 0. The molecular formula is C16H26N2O2. The van der Waals surface area contributed by atoms with Crippen molar-refractivity contribution >= 4 is 11.8 Å². The number of nitrogens with one attached hydrogen (secondary N) is 1. The molecule has 1 heterocycles. The number of piperazine rings is 1. The maximum absolute atomic E-state index is 12.8. The van der Waals surface area contributed by atoms with Gasteiger partial charge in [-0.1, -0.05) is 26.7 Å². The minimum Gasteiger partial charge on any atom is -0.342 e. The highest BCUT2D eigenvalue weighted by molar-refractivity contribution is 5.97.